The summed E-state index contributed by atoms with van der Waals surface area (Å²) in [6, 6.07) is 7.65. The Hall–Kier alpha value is -0.800. The van der Waals surface area contributed by atoms with Crippen molar-refractivity contribution in [3.05, 3.63) is 34.9 Å². The summed E-state index contributed by atoms with van der Waals surface area (Å²) in [5.74, 6) is 0. The van der Waals surface area contributed by atoms with Crippen LogP contribution in [0.2, 0.25) is 5.02 Å². The molecule has 0 aliphatic heterocycles. The Morgan fingerprint density at radius 3 is 2.59 bits per heavy atom. The Morgan fingerprint density at radius 2 is 2.06 bits per heavy atom. The van der Waals surface area contributed by atoms with Gasteiger partial charge in [-0.3, -0.25) is 0 Å². The molecule has 4 heteroatoms. The average molecular weight is 272 g/mol. The second-order valence-corrected chi connectivity index (χ2v) is 4.54. The van der Waals surface area contributed by atoms with Gasteiger partial charge in [0.1, 0.15) is 6.10 Å². The van der Waals surface area contributed by atoms with Crippen molar-refractivity contribution in [2.75, 3.05) is 13.1 Å². The molecule has 0 radical (unpaired) electrons. The molecule has 0 spiro atoms. The predicted octanol–water partition coefficient (Wildman–Crippen LogP) is 4.04. The van der Waals surface area contributed by atoms with Crippen LogP contribution in [-0.2, 0) is 4.74 Å². The van der Waals surface area contributed by atoms with E-state index in [-0.39, 0.29) is 6.10 Å². The van der Waals surface area contributed by atoms with Gasteiger partial charge in [0.25, 0.3) is 5.17 Å². The minimum Gasteiger partial charge on any atom is -0.463 e. The van der Waals surface area contributed by atoms with E-state index in [0.29, 0.717) is 10.2 Å². The predicted molar refractivity (Wildman–Crippen MR) is 76.5 cm³/mol. The van der Waals surface area contributed by atoms with Gasteiger partial charge in [-0.2, -0.15) is 0 Å². The van der Waals surface area contributed by atoms with Crippen molar-refractivity contribution >= 4 is 29.0 Å². The quantitative estimate of drug-likeness (QED) is 0.767. The van der Waals surface area contributed by atoms with Crippen LogP contribution in [0.3, 0.4) is 0 Å². The first-order valence-electron chi connectivity index (χ1n) is 5.79. The molecular weight excluding hydrogens is 254 g/mol. The van der Waals surface area contributed by atoms with Crippen molar-refractivity contribution in [1.29, 1.82) is 0 Å². The Kier molecular flexibility index (Phi) is 5.72. The number of hydrogen-bond acceptors (Lipinski definition) is 2. The van der Waals surface area contributed by atoms with Gasteiger partial charge in [0.2, 0.25) is 0 Å². The lowest BCUT2D eigenvalue weighted by molar-refractivity contribution is 0.177. The van der Waals surface area contributed by atoms with Crippen LogP contribution in [0, 0.1) is 0 Å². The van der Waals surface area contributed by atoms with E-state index in [1.54, 1.807) is 0 Å². The van der Waals surface area contributed by atoms with Crippen molar-refractivity contribution in [2.24, 2.45) is 0 Å². The van der Waals surface area contributed by atoms with E-state index in [1.165, 1.54) is 0 Å². The lowest BCUT2D eigenvalue weighted by atomic mass is 10.1. The number of benzene rings is 1. The highest BCUT2D eigenvalue weighted by molar-refractivity contribution is 7.80. The molecule has 2 nitrogen and oxygen atoms in total. The fourth-order valence-corrected chi connectivity index (χ4v) is 2.14. The van der Waals surface area contributed by atoms with Gasteiger partial charge in [0.15, 0.2) is 0 Å². The molecule has 1 rings (SSSR count). The summed E-state index contributed by atoms with van der Waals surface area (Å²) in [6.07, 6.45) is -0.0817. The molecule has 0 aliphatic rings. The van der Waals surface area contributed by atoms with Crippen LogP contribution < -0.4 is 0 Å². The van der Waals surface area contributed by atoms with Crippen LogP contribution in [0.4, 0.5) is 0 Å². The largest absolute Gasteiger partial charge is 0.463 e. The maximum Gasteiger partial charge on any atom is 0.259 e. The van der Waals surface area contributed by atoms with Crippen LogP contribution in [0.1, 0.15) is 32.4 Å². The fraction of sp³-hybridized carbons (Fsp3) is 0.462. The van der Waals surface area contributed by atoms with Crippen molar-refractivity contribution in [3.63, 3.8) is 0 Å². The molecular formula is C13H18ClNOS. The number of ether oxygens (including phenoxy) is 1. The molecule has 94 valence electrons. The molecule has 0 saturated heterocycles. The molecule has 0 aromatic heterocycles. The summed E-state index contributed by atoms with van der Waals surface area (Å²) in [4.78, 5) is 2.01. The van der Waals surface area contributed by atoms with E-state index in [9.17, 15) is 0 Å². The maximum atomic E-state index is 5.94. The molecule has 0 bridgehead atoms. The van der Waals surface area contributed by atoms with Crippen LogP contribution in [-0.4, -0.2) is 23.2 Å². The van der Waals surface area contributed by atoms with Crippen LogP contribution in [0.25, 0.3) is 0 Å². The number of rotatable bonds is 4. The smallest absolute Gasteiger partial charge is 0.259 e. The lowest BCUT2D eigenvalue weighted by Crippen LogP contribution is -2.31. The van der Waals surface area contributed by atoms with Gasteiger partial charge in [-0.25, -0.2) is 0 Å². The van der Waals surface area contributed by atoms with Crippen molar-refractivity contribution in [2.45, 2.75) is 26.9 Å². The van der Waals surface area contributed by atoms with Gasteiger partial charge in [-0.05, 0) is 50.7 Å². The summed E-state index contributed by atoms with van der Waals surface area (Å²) in [5.41, 5.74) is 1.03. The van der Waals surface area contributed by atoms with Crippen molar-refractivity contribution in [3.8, 4) is 0 Å². The Labute approximate surface area is 114 Å². The minimum absolute atomic E-state index is 0.0817. The first-order valence-corrected chi connectivity index (χ1v) is 6.58. The van der Waals surface area contributed by atoms with E-state index >= 15 is 0 Å². The molecule has 0 heterocycles. The third-order valence-electron chi connectivity index (χ3n) is 2.62. The van der Waals surface area contributed by atoms with Crippen LogP contribution >= 0.6 is 23.8 Å². The summed E-state index contributed by atoms with van der Waals surface area (Å²) < 4.78 is 5.73. The standard InChI is InChI=1S/C13H18ClNOS/c1-4-15(5-2)13(17)16-10(3)11-7-6-8-12(14)9-11/h6-10H,4-5H2,1-3H3. The zero-order chi connectivity index (χ0) is 12.8. The zero-order valence-electron chi connectivity index (χ0n) is 10.4. The SMILES string of the molecule is CCN(CC)C(=S)OC(C)c1cccc(Cl)c1. The highest BCUT2D eigenvalue weighted by Gasteiger charge is 2.12. The van der Waals surface area contributed by atoms with Gasteiger partial charge in [-0.1, -0.05) is 23.7 Å². The molecule has 0 fully saturated rings. The normalized spacial score (nSPS) is 12.0. The second-order valence-electron chi connectivity index (χ2n) is 3.75. The molecule has 17 heavy (non-hydrogen) atoms. The molecule has 1 aromatic carbocycles. The highest BCUT2D eigenvalue weighted by atomic mass is 35.5. The highest BCUT2D eigenvalue weighted by Crippen LogP contribution is 2.21. The van der Waals surface area contributed by atoms with E-state index in [1.807, 2.05) is 36.1 Å². The van der Waals surface area contributed by atoms with Gasteiger partial charge < -0.3 is 9.64 Å². The van der Waals surface area contributed by atoms with Crippen LogP contribution in [0.5, 0.6) is 0 Å². The number of hydrogen-bond donors (Lipinski definition) is 0. The van der Waals surface area contributed by atoms with Gasteiger partial charge in [-0.15, -0.1) is 0 Å². The third kappa shape index (κ3) is 4.17. The molecule has 1 unspecified atom stereocenters. The van der Waals surface area contributed by atoms with Gasteiger partial charge in [0, 0.05) is 18.1 Å². The molecule has 0 saturated carbocycles. The van der Waals surface area contributed by atoms with E-state index in [0.717, 1.165) is 18.7 Å². The summed E-state index contributed by atoms with van der Waals surface area (Å²) >= 11 is 11.2. The zero-order valence-corrected chi connectivity index (χ0v) is 12.0. The van der Waals surface area contributed by atoms with Crippen molar-refractivity contribution in [1.82, 2.24) is 4.90 Å². The molecule has 0 N–H and O–H groups in total. The Balaban J connectivity index is 2.66. The fourth-order valence-electron chi connectivity index (χ4n) is 1.54. The van der Waals surface area contributed by atoms with E-state index in [4.69, 9.17) is 28.6 Å². The minimum atomic E-state index is -0.0817. The topological polar surface area (TPSA) is 12.5 Å². The summed E-state index contributed by atoms with van der Waals surface area (Å²) in [5, 5.41) is 1.26. The Morgan fingerprint density at radius 1 is 1.41 bits per heavy atom. The van der Waals surface area contributed by atoms with Crippen LogP contribution in [0.15, 0.2) is 24.3 Å². The second kappa shape index (κ2) is 6.82. The third-order valence-corrected chi connectivity index (χ3v) is 3.21. The lowest BCUT2D eigenvalue weighted by Gasteiger charge is -2.24. The maximum absolute atomic E-state index is 5.94. The van der Waals surface area contributed by atoms with Gasteiger partial charge in [0.05, 0.1) is 0 Å². The average Bonchev–Trinajstić information content (AvgIpc) is 2.30. The summed E-state index contributed by atoms with van der Waals surface area (Å²) in [6.45, 7) is 7.81. The first kappa shape index (κ1) is 14.3. The Bertz CT molecular complexity index is 379. The van der Waals surface area contributed by atoms with E-state index in [2.05, 4.69) is 13.8 Å². The van der Waals surface area contributed by atoms with Crippen molar-refractivity contribution < 1.29 is 4.74 Å². The van der Waals surface area contributed by atoms with E-state index < -0.39 is 0 Å². The number of thiocarbonyl (C=S) groups is 1. The van der Waals surface area contributed by atoms with Gasteiger partial charge >= 0.3 is 0 Å². The molecule has 1 aromatic rings. The first-order chi connectivity index (χ1) is 8.08. The number of nitrogens with zero attached hydrogens (tertiary/aromatic N) is 1. The monoisotopic (exact) mass is 271 g/mol. The molecule has 0 aliphatic carbocycles. The molecule has 1 atom stereocenters. The molecule has 0 amide bonds. The number of halogens is 1. The summed E-state index contributed by atoms with van der Waals surface area (Å²) in [7, 11) is 0.